The monoisotopic (exact) mass is 304 g/mol. The van der Waals surface area contributed by atoms with Crippen molar-refractivity contribution in [3.05, 3.63) is 54.0 Å². The Bertz CT molecular complexity index is 626. The normalized spacial score (nSPS) is 10.1. The van der Waals surface area contributed by atoms with E-state index in [4.69, 9.17) is 27.1 Å². The van der Waals surface area contributed by atoms with E-state index < -0.39 is 0 Å². The number of likely N-dealkylation sites (N-methyl/N-ethyl adjacent to an activating group) is 1. The number of hydrogen-bond donors (Lipinski definition) is 1. The van der Waals surface area contributed by atoms with E-state index in [1.54, 1.807) is 42.7 Å². The number of para-hydroxylation sites is 1. The Kier molecular flexibility index (Phi) is 4.94. The van der Waals surface area contributed by atoms with Crippen LogP contribution in [0.15, 0.2) is 47.3 Å². The number of hydrogen-bond acceptors (Lipinski definition) is 4. The molecule has 1 aromatic heterocycles. The van der Waals surface area contributed by atoms with Crippen LogP contribution in [-0.2, 0) is 11.3 Å². The van der Waals surface area contributed by atoms with Gasteiger partial charge in [0.1, 0.15) is 10.7 Å². The number of carbonyl (C=O) groups is 1. The Hall–Kier alpha value is -2.34. The molecule has 0 radical (unpaired) electrons. The number of benzene rings is 1. The van der Waals surface area contributed by atoms with Crippen LogP contribution in [0.25, 0.3) is 0 Å². The maximum Gasteiger partial charge on any atom is 0.260 e. The van der Waals surface area contributed by atoms with Gasteiger partial charge in [-0.1, -0.05) is 24.4 Å². The second kappa shape index (κ2) is 6.90. The fourth-order valence-corrected chi connectivity index (χ4v) is 1.96. The summed E-state index contributed by atoms with van der Waals surface area (Å²) in [7, 11) is 1.71. The van der Waals surface area contributed by atoms with Gasteiger partial charge in [0.2, 0.25) is 0 Å². The molecule has 0 atom stereocenters. The fraction of sp³-hybridized carbons (Fsp3) is 0.200. The predicted molar refractivity (Wildman–Crippen MR) is 83.0 cm³/mol. The molecule has 1 amide bonds. The van der Waals surface area contributed by atoms with Crippen molar-refractivity contribution in [2.75, 3.05) is 13.7 Å². The second-order valence-electron chi connectivity index (χ2n) is 4.53. The van der Waals surface area contributed by atoms with Crippen LogP contribution in [-0.4, -0.2) is 29.5 Å². The quantitative estimate of drug-likeness (QED) is 0.826. The lowest BCUT2D eigenvalue weighted by atomic mass is 10.2. The molecule has 0 fully saturated rings. The number of thiocarbonyl (C=S) groups is 1. The Morgan fingerprint density at radius 1 is 1.38 bits per heavy atom. The Morgan fingerprint density at radius 2 is 2.14 bits per heavy atom. The van der Waals surface area contributed by atoms with Gasteiger partial charge in [0.15, 0.2) is 6.61 Å². The van der Waals surface area contributed by atoms with Crippen molar-refractivity contribution < 1.29 is 13.9 Å². The summed E-state index contributed by atoms with van der Waals surface area (Å²) in [6, 6.07) is 8.92. The lowest BCUT2D eigenvalue weighted by Gasteiger charge is -2.17. The zero-order chi connectivity index (χ0) is 15.2. The average Bonchev–Trinajstić information content (AvgIpc) is 2.97. The molecule has 6 heteroatoms. The first kappa shape index (κ1) is 15.1. The lowest BCUT2D eigenvalue weighted by Crippen LogP contribution is -2.31. The molecule has 1 aromatic carbocycles. The molecule has 2 N–H and O–H groups in total. The van der Waals surface area contributed by atoms with Crippen LogP contribution in [0.1, 0.15) is 11.1 Å². The van der Waals surface area contributed by atoms with Crippen LogP contribution >= 0.6 is 12.2 Å². The van der Waals surface area contributed by atoms with Gasteiger partial charge in [-0.15, -0.1) is 0 Å². The highest BCUT2D eigenvalue weighted by atomic mass is 32.1. The highest BCUT2D eigenvalue weighted by molar-refractivity contribution is 7.80. The first-order valence-electron chi connectivity index (χ1n) is 6.34. The highest BCUT2D eigenvalue weighted by Gasteiger charge is 2.12. The van der Waals surface area contributed by atoms with E-state index in [1.165, 1.54) is 0 Å². The number of carbonyl (C=O) groups excluding carboxylic acids is 1. The molecule has 110 valence electrons. The summed E-state index contributed by atoms with van der Waals surface area (Å²) in [6.45, 7) is 0.392. The van der Waals surface area contributed by atoms with Crippen molar-refractivity contribution in [1.82, 2.24) is 4.90 Å². The summed E-state index contributed by atoms with van der Waals surface area (Å²) in [5.41, 5.74) is 7.17. The van der Waals surface area contributed by atoms with Crippen LogP contribution in [0.4, 0.5) is 0 Å². The number of furan rings is 1. The second-order valence-corrected chi connectivity index (χ2v) is 4.97. The zero-order valence-corrected chi connectivity index (χ0v) is 12.4. The van der Waals surface area contributed by atoms with Gasteiger partial charge in [-0.3, -0.25) is 4.79 Å². The molecule has 2 aromatic rings. The van der Waals surface area contributed by atoms with Gasteiger partial charge >= 0.3 is 0 Å². The largest absolute Gasteiger partial charge is 0.483 e. The summed E-state index contributed by atoms with van der Waals surface area (Å²) in [4.78, 5) is 13.8. The third-order valence-corrected chi connectivity index (χ3v) is 3.15. The Morgan fingerprint density at radius 3 is 2.81 bits per heavy atom. The minimum atomic E-state index is -0.144. The highest BCUT2D eigenvalue weighted by Crippen LogP contribution is 2.17. The molecule has 0 saturated carbocycles. The topological polar surface area (TPSA) is 68.7 Å². The number of rotatable bonds is 6. The van der Waals surface area contributed by atoms with Gasteiger partial charge in [0.25, 0.3) is 5.91 Å². The van der Waals surface area contributed by atoms with E-state index in [0.29, 0.717) is 17.9 Å². The first-order chi connectivity index (χ1) is 10.1. The molecule has 5 nitrogen and oxygen atoms in total. The molecule has 1 heterocycles. The number of nitrogens with two attached hydrogens (primary N) is 1. The van der Waals surface area contributed by atoms with Crippen molar-refractivity contribution in [3.63, 3.8) is 0 Å². The summed E-state index contributed by atoms with van der Waals surface area (Å²) in [5.74, 6) is 0.365. The molecular weight excluding hydrogens is 288 g/mol. The minimum absolute atomic E-state index is 0.0754. The van der Waals surface area contributed by atoms with Crippen molar-refractivity contribution in [1.29, 1.82) is 0 Å². The molecule has 2 rings (SSSR count). The van der Waals surface area contributed by atoms with Crippen LogP contribution in [0.2, 0.25) is 0 Å². The number of ether oxygens (including phenoxy) is 1. The Labute approximate surface area is 128 Å². The van der Waals surface area contributed by atoms with E-state index in [1.807, 2.05) is 12.1 Å². The van der Waals surface area contributed by atoms with Gasteiger partial charge in [-0.25, -0.2) is 0 Å². The molecule has 0 bridgehead atoms. The predicted octanol–water partition coefficient (Wildman–Crippen LogP) is 1.95. The van der Waals surface area contributed by atoms with Gasteiger partial charge in [0.05, 0.1) is 18.1 Å². The average molecular weight is 304 g/mol. The summed E-state index contributed by atoms with van der Waals surface area (Å²) < 4.78 is 10.5. The minimum Gasteiger partial charge on any atom is -0.483 e. The molecule has 0 spiro atoms. The molecule has 0 aliphatic heterocycles. The van der Waals surface area contributed by atoms with Gasteiger partial charge in [-0.05, 0) is 18.2 Å². The zero-order valence-electron chi connectivity index (χ0n) is 11.6. The summed E-state index contributed by atoms with van der Waals surface area (Å²) in [6.07, 6.45) is 3.18. The van der Waals surface area contributed by atoms with Gasteiger partial charge in [-0.2, -0.15) is 0 Å². The maximum absolute atomic E-state index is 12.0. The third-order valence-electron chi connectivity index (χ3n) is 2.93. The molecule has 0 aliphatic rings. The lowest BCUT2D eigenvalue weighted by molar-refractivity contribution is -0.132. The molecule has 21 heavy (non-hydrogen) atoms. The van der Waals surface area contributed by atoms with Crippen molar-refractivity contribution in [2.24, 2.45) is 5.73 Å². The summed E-state index contributed by atoms with van der Waals surface area (Å²) in [5, 5.41) is 0. The van der Waals surface area contributed by atoms with Crippen LogP contribution in [0.3, 0.4) is 0 Å². The first-order valence-corrected chi connectivity index (χ1v) is 6.75. The van der Waals surface area contributed by atoms with E-state index in [2.05, 4.69) is 0 Å². The smallest absolute Gasteiger partial charge is 0.260 e. The van der Waals surface area contributed by atoms with Gasteiger partial charge in [0, 0.05) is 19.2 Å². The van der Waals surface area contributed by atoms with E-state index in [-0.39, 0.29) is 17.5 Å². The maximum atomic E-state index is 12.0. The number of nitrogens with zero attached hydrogens (tertiary/aromatic N) is 1. The SMILES string of the molecule is CN(Cc1ccoc1)C(=O)COc1ccccc1C(N)=S. The Balaban J connectivity index is 1.93. The fourth-order valence-electron chi connectivity index (χ4n) is 1.79. The standard InChI is InChI=1S/C15H16N2O3S/c1-17(8-11-6-7-19-9-11)14(18)10-20-13-5-3-2-4-12(13)15(16)21/h2-7,9H,8,10H2,1H3,(H2,16,21). The molecular formula is C15H16N2O3S. The van der Waals surface area contributed by atoms with Crippen LogP contribution in [0, 0.1) is 0 Å². The molecule has 0 unspecified atom stereocenters. The van der Waals surface area contributed by atoms with Crippen molar-refractivity contribution in [3.8, 4) is 5.75 Å². The summed E-state index contributed by atoms with van der Waals surface area (Å²) >= 11 is 4.95. The van der Waals surface area contributed by atoms with Gasteiger partial charge < -0.3 is 19.8 Å². The van der Waals surface area contributed by atoms with Crippen molar-refractivity contribution in [2.45, 2.75) is 6.54 Å². The van der Waals surface area contributed by atoms with Crippen LogP contribution < -0.4 is 10.5 Å². The van der Waals surface area contributed by atoms with E-state index in [0.717, 1.165) is 5.56 Å². The van der Waals surface area contributed by atoms with Crippen LogP contribution in [0.5, 0.6) is 5.75 Å². The van der Waals surface area contributed by atoms with Crippen molar-refractivity contribution >= 4 is 23.1 Å². The molecule has 0 saturated heterocycles. The number of amides is 1. The third kappa shape index (κ3) is 4.06. The van der Waals surface area contributed by atoms with E-state index >= 15 is 0 Å². The van der Waals surface area contributed by atoms with E-state index in [9.17, 15) is 4.79 Å². The molecule has 0 aliphatic carbocycles.